The normalized spacial score (nSPS) is 16.7. The van der Waals surface area contributed by atoms with Gasteiger partial charge in [-0.1, -0.05) is 30.9 Å². The molecule has 0 aromatic heterocycles. The first-order valence-corrected chi connectivity index (χ1v) is 6.88. The average Bonchev–Trinajstić information content (AvgIpc) is 2.46. The second-order valence-electron chi connectivity index (χ2n) is 5.21. The molecule has 1 saturated heterocycles. The van der Waals surface area contributed by atoms with Crippen LogP contribution in [0.5, 0.6) is 0 Å². The van der Waals surface area contributed by atoms with Crippen molar-refractivity contribution in [1.82, 2.24) is 9.80 Å². The molecule has 1 aliphatic heterocycles. The number of hydrogen-bond acceptors (Lipinski definition) is 2. The molecule has 1 aromatic rings. The van der Waals surface area contributed by atoms with E-state index in [4.69, 9.17) is 0 Å². The van der Waals surface area contributed by atoms with Gasteiger partial charge in [0.05, 0.1) is 0 Å². The molecule has 0 atom stereocenters. The van der Waals surface area contributed by atoms with Crippen molar-refractivity contribution in [3.05, 3.63) is 42.0 Å². The molecule has 1 heterocycles. The Morgan fingerprint density at radius 2 is 1.84 bits per heavy atom. The maximum atomic E-state index is 12.5. The molecule has 0 saturated carbocycles. The molecule has 1 fully saturated rings. The SMILES string of the molecule is C=Cc1ccccc1C(=O)N1CCN(C(C)C)CC1. The van der Waals surface area contributed by atoms with E-state index in [1.807, 2.05) is 29.2 Å². The molecule has 1 amide bonds. The first-order valence-electron chi connectivity index (χ1n) is 6.88. The minimum absolute atomic E-state index is 0.124. The maximum absolute atomic E-state index is 12.5. The Hall–Kier alpha value is -1.61. The summed E-state index contributed by atoms with van der Waals surface area (Å²) in [6, 6.07) is 8.21. The smallest absolute Gasteiger partial charge is 0.254 e. The first kappa shape index (κ1) is 13.8. The molecule has 2 rings (SSSR count). The third kappa shape index (κ3) is 3.04. The zero-order chi connectivity index (χ0) is 13.8. The predicted molar refractivity (Wildman–Crippen MR) is 79.1 cm³/mol. The lowest BCUT2D eigenvalue weighted by Gasteiger charge is -2.37. The van der Waals surface area contributed by atoms with Gasteiger partial charge in [0.2, 0.25) is 0 Å². The highest BCUT2D eigenvalue weighted by molar-refractivity contribution is 5.97. The number of hydrogen-bond donors (Lipinski definition) is 0. The summed E-state index contributed by atoms with van der Waals surface area (Å²) in [7, 11) is 0. The molecule has 0 bridgehead atoms. The van der Waals surface area contributed by atoms with Crippen LogP contribution in [0, 0.1) is 0 Å². The Labute approximate surface area is 115 Å². The molecule has 1 aromatic carbocycles. The zero-order valence-corrected chi connectivity index (χ0v) is 11.8. The highest BCUT2D eigenvalue weighted by Gasteiger charge is 2.23. The molecule has 1 aliphatic rings. The minimum Gasteiger partial charge on any atom is -0.336 e. The van der Waals surface area contributed by atoms with E-state index in [1.54, 1.807) is 6.08 Å². The van der Waals surface area contributed by atoms with E-state index < -0.39 is 0 Å². The summed E-state index contributed by atoms with van der Waals surface area (Å²) < 4.78 is 0. The van der Waals surface area contributed by atoms with Crippen molar-refractivity contribution in [1.29, 1.82) is 0 Å². The van der Waals surface area contributed by atoms with E-state index in [0.29, 0.717) is 6.04 Å². The van der Waals surface area contributed by atoms with Crippen LogP contribution < -0.4 is 0 Å². The summed E-state index contributed by atoms with van der Waals surface area (Å²) >= 11 is 0. The van der Waals surface area contributed by atoms with Crippen molar-refractivity contribution < 1.29 is 4.79 Å². The van der Waals surface area contributed by atoms with E-state index in [9.17, 15) is 4.79 Å². The summed E-state index contributed by atoms with van der Waals surface area (Å²) in [5, 5.41) is 0. The third-order valence-electron chi connectivity index (χ3n) is 3.74. The number of carbonyl (C=O) groups excluding carboxylic acids is 1. The third-order valence-corrected chi connectivity index (χ3v) is 3.74. The number of carbonyl (C=O) groups is 1. The molecule has 0 radical (unpaired) electrons. The molecule has 19 heavy (non-hydrogen) atoms. The highest BCUT2D eigenvalue weighted by Crippen LogP contribution is 2.15. The Bertz CT molecular complexity index is 460. The van der Waals surface area contributed by atoms with Gasteiger partial charge >= 0.3 is 0 Å². The number of piperazine rings is 1. The van der Waals surface area contributed by atoms with Gasteiger partial charge in [-0.25, -0.2) is 0 Å². The van der Waals surface area contributed by atoms with Crippen molar-refractivity contribution in [2.45, 2.75) is 19.9 Å². The minimum atomic E-state index is 0.124. The first-order chi connectivity index (χ1) is 9.13. The van der Waals surface area contributed by atoms with Gasteiger partial charge in [-0.05, 0) is 25.5 Å². The fourth-order valence-corrected chi connectivity index (χ4v) is 2.48. The summed E-state index contributed by atoms with van der Waals surface area (Å²) in [5.41, 5.74) is 1.68. The number of benzene rings is 1. The van der Waals surface area contributed by atoms with Gasteiger partial charge in [-0.2, -0.15) is 0 Å². The van der Waals surface area contributed by atoms with E-state index in [0.717, 1.165) is 37.3 Å². The molecule has 3 heteroatoms. The molecular weight excluding hydrogens is 236 g/mol. The Morgan fingerprint density at radius 1 is 1.21 bits per heavy atom. The van der Waals surface area contributed by atoms with E-state index in [2.05, 4.69) is 25.3 Å². The van der Waals surface area contributed by atoms with Crippen molar-refractivity contribution in [2.24, 2.45) is 0 Å². The Kier molecular flexibility index (Phi) is 4.38. The topological polar surface area (TPSA) is 23.6 Å². The van der Waals surface area contributed by atoms with E-state index in [1.165, 1.54) is 0 Å². The summed E-state index contributed by atoms with van der Waals surface area (Å²) in [6.07, 6.45) is 1.75. The zero-order valence-electron chi connectivity index (χ0n) is 11.8. The highest BCUT2D eigenvalue weighted by atomic mass is 16.2. The van der Waals surface area contributed by atoms with Gasteiger partial charge < -0.3 is 4.90 Å². The maximum Gasteiger partial charge on any atom is 0.254 e. The van der Waals surface area contributed by atoms with Crippen LogP contribution in [0.2, 0.25) is 0 Å². The summed E-state index contributed by atoms with van der Waals surface area (Å²) in [4.78, 5) is 16.9. The van der Waals surface area contributed by atoms with Gasteiger partial charge in [0.1, 0.15) is 0 Å². The Balaban J connectivity index is 2.07. The van der Waals surface area contributed by atoms with Crippen LogP contribution in [-0.4, -0.2) is 47.9 Å². The van der Waals surface area contributed by atoms with Gasteiger partial charge in [-0.3, -0.25) is 9.69 Å². The van der Waals surface area contributed by atoms with Crippen LogP contribution >= 0.6 is 0 Å². The van der Waals surface area contributed by atoms with Crippen molar-refractivity contribution >= 4 is 12.0 Å². The predicted octanol–water partition coefficient (Wildman–Crippen LogP) is 2.50. The van der Waals surface area contributed by atoms with Crippen LogP contribution in [-0.2, 0) is 0 Å². The monoisotopic (exact) mass is 258 g/mol. The van der Waals surface area contributed by atoms with Crippen LogP contribution in [0.15, 0.2) is 30.8 Å². The fourth-order valence-electron chi connectivity index (χ4n) is 2.48. The van der Waals surface area contributed by atoms with Crippen molar-refractivity contribution in [3.63, 3.8) is 0 Å². The molecule has 0 unspecified atom stereocenters. The van der Waals surface area contributed by atoms with Crippen LogP contribution in [0.1, 0.15) is 29.8 Å². The summed E-state index contributed by atoms with van der Waals surface area (Å²) in [5.74, 6) is 0.124. The molecule has 3 nitrogen and oxygen atoms in total. The number of nitrogens with zero attached hydrogens (tertiary/aromatic N) is 2. The lowest BCUT2D eigenvalue weighted by molar-refractivity contribution is 0.0595. The lowest BCUT2D eigenvalue weighted by atomic mass is 10.1. The van der Waals surface area contributed by atoms with Crippen LogP contribution in [0.25, 0.3) is 6.08 Å². The van der Waals surface area contributed by atoms with E-state index in [-0.39, 0.29) is 5.91 Å². The van der Waals surface area contributed by atoms with Crippen LogP contribution in [0.4, 0.5) is 0 Å². The van der Waals surface area contributed by atoms with Gasteiger partial charge in [-0.15, -0.1) is 0 Å². The van der Waals surface area contributed by atoms with Crippen molar-refractivity contribution in [2.75, 3.05) is 26.2 Å². The molecular formula is C16H22N2O. The van der Waals surface area contributed by atoms with E-state index >= 15 is 0 Å². The molecule has 102 valence electrons. The Morgan fingerprint density at radius 3 is 2.42 bits per heavy atom. The molecule has 0 spiro atoms. The second kappa shape index (κ2) is 6.02. The molecule has 0 N–H and O–H groups in total. The van der Waals surface area contributed by atoms with Crippen molar-refractivity contribution in [3.8, 4) is 0 Å². The quantitative estimate of drug-likeness (QED) is 0.831. The number of amides is 1. The average molecular weight is 258 g/mol. The van der Waals surface area contributed by atoms with Gasteiger partial charge in [0.15, 0.2) is 0 Å². The second-order valence-corrected chi connectivity index (χ2v) is 5.21. The largest absolute Gasteiger partial charge is 0.336 e. The summed E-state index contributed by atoms with van der Waals surface area (Å²) in [6.45, 7) is 11.7. The van der Waals surface area contributed by atoms with Gasteiger partial charge in [0.25, 0.3) is 5.91 Å². The fraction of sp³-hybridized carbons (Fsp3) is 0.438. The van der Waals surface area contributed by atoms with Crippen LogP contribution in [0.3, 0.4) is 0 Å². The number of rotatable bonds is 3. The lowest BCUT2D eigenvalue weighted by Crippen LogP contribution is -2.50. The van der Waals surface area contributed by atoms with Gasteiger partial charge in [0, 0.05) is 37.8 Å². The molecule has 0 aliphatic carbocycles. The standard InChI is InChI=1S/C16H22N2O/c1-4-14-7-5-6-8-15(14)16(19)18-11-9-17(10-12-18)13(2)3/h4-8,13H,1,9-12H2,2-3H3.